The molecule has 21 heavy (non-hydrogen) atoms. The monoisotopic (exact) mass is 302 g/mol. The van der Waals surface area contributed by atoms with Gasteiger partial charge in [0, 0.05) is 18.5 Å². The molecule has 1 heterocycles. The first-order valence-corrected chi connectivity index (χ1v) is 8.75. The van der Waals surface area contributed by atoms with Crippen molar-refractivity contribution in [1.29, 1.82) is 0 Å². The van der Waals surface area contributed by atoms with Crippen molar-refractivity contribution in [2.75, 3.05) is 13.1 Å². The maximum Gasteiger partial charge on any atom is 0.0816 e. The first kappa shape index (κ1) is 15.0. The Morgan fingerprint density at radius 3 is 2.62 bits per heavy atom. The van der Waals surface area contributed by atoms with Crippen molar-refractivity contribution in [2.24, 2.45) is 11.7 Å². The Bertz CT molecular complexity index is 471. The molecule has 3 rings (SSSR count). The zero-order valence-electron chi connectivity index (χ0n) is 12.7. The van der Waals surface area contributed by atoms with Crippen molar-refractivity contribution < 1.29 is 0 Å². The molecule has 2 N–H and O–H groups in total. The number of hydrogen-bond donors (Lipinski definition) is 1. The van der Waals surface area contributed by atoms with Gasteiger partial charge >= 0.3 is 0 Å². The molecule has 0 aromatic heterocycles. The van der Waals surface area contributed by atoms with Gasteiger partial charge in [-0.1, -0.05) is 55.4 Å². The minimum atomic E-state index is 0.196. The highest BCUT2D eigenvalue weighted by atomic mass is 32.1. The van der Waals surface area contributed by atoms with E-state index in [1.54, 1.807) is 0 Å². The van der Waals surface area contributed by atoms with Crippen LogP contribution in [0.1, 0.15) is 50.0 Å². The second-order valence-corrected chi connectivity index (χ2v) is 7.09. The highest BCUT2D eigenvalue weighted by Crippen LogP contribution is 2.36. The Morgan fingerprint density at radius 1 is 1.14 bits per heavy atom. The van der Waals surface area contributed by atoms with Gasteiger partial charge in [-0.15, -0.1) is 0 Å². The predicted octanol–water partition coefficient (Wildman–Crippen LogP) is 3.71. The number of benzene rings is 1. The number of nitrogens with zero attached hydrogens (tertiary/aromatic N) is 1. The third kappa shape index (κ3) is 3.46. The minimum Gasteiger partial charge on any atom is -0.393 e. The largest absolute Gasteiger partial charge is 0.393 e. The summed E-state index contributed by atoms with van der Waals surface area (Å²) in [6, 6.07) is 11.3. The van der Waals surface area contributed by atoms with E-state index < -0.39 is 0 Å². The van der Waals surface area contributed by atoms with Crippen LogP contribution in [0, 0.1) is 5.92 Å². The molecule has 0 bridgehead atoms. The topological polar surface area (TPSA) is 29.3 Å². The van der Waals surface area contributed by atoms with Crippen molar-refractivity contribution >= 4 is 17.2 Å². The molecule has 1 aliphatic heterocycles. The molecule has 3 unspecified atom stereocenters. The molecule has 0 radical (unpaired) electrons. The van der Waals surface area contributed by atoms with E-state index in [-0.39, 0.29) is 5.92 Å². The maximum absolute atomic E-state index is 6.06. The second kappa shape index (κ2) is 6.89. The van der Waals surface area contributed by atoms with Crippen LogP contribution < -0.4 is 5.73 Å². The van der Waals surface area contributed by atoms with E-state index in [1.165, 1.54) is 50.6 Å². The molecule has 2 fully saturated rings. The smallest absolute Gasteiger partial charge is 0.0816 e. The van der Waals surface area contributed by atoms with Crippen LogP contribution in [-0.4, -0.2) is 29.0 Å². The summed E-state index contributed by atoms with van der Waals surface area (Å²) in [5.74, 6) is 1.11. The van der Waals surface area contributed by atoms with E-state index in [4.69, 9.17) is 18.0 Å². The lowest BCUT2D eigenvalue weighted by molar-refractivity contribution is 0.0602. The van der Waals surface area contributed by atoms with Gasteiger partial charge in [0.25, 0.3) is 0 Å². The Balaban J connectivity index is 1.74. The van der Waals surface area contributed by atoms with Crippen LogP contribution in [0.15, 0.2) is 30.3 Å². The Hall–Kier alpha value is -0.930. The number of nitrogens with two attached hydrogens (primary N) is 1. The molecule has 114 valence electrons. The average Bonchev–Trinajstić information content (AvgIpc) is 2.53. The molecular formula is C18H26N2S. The first-order chi connectivity index (χ1) is 10.3. The molecule has 1 saturated heterocycles. The number of likely N-dealkylation sites (tertiary alicyclic amines) is 1. The van der Waals surface area contributed by atoms with Crippen molar-refractivity contribution in [3.63, 3.8) is 0 Å². The molecule has 0 amide bonds. The lowest BCUT2D eigenvalue weighted by atomic mass is 9.78. The molecule has 1 aromatic rings. The summed E-state index contributed by atoms with van der Waals surface area (Å²) in [4.78, 5) is 3.32. The number of thiocarbonyl (C=S) groups is 1. The van der Waals surface area contributed by atoms with Crippen molar-refractivity contribution in [2.45, 2.75) is 50.5 Å². The highest BCUT2D eigenvalue weighted by Gasteiger charge is 2.34. The van der Waals surface area contributed by atoms with Crippen LogP contribution in [0.2, 0.25) is 0 Å². The van der Waals surface area contributed by atoms with Crippen LogP contribution in [-0.2, 0) is 0 Å². The zero-order chi connectivity index (χ0) is 14.7. The van der Waals surface area contributed by atoms with Crippen LogP contribution in [0.4, 0.5) is 0 Å². The summed E-state index contributed by atoms with van der Waals surface area (Å²) in [5.41, 5.74) is 7.33. The van der Waals surface area contributed by atoms with Gasteiger partial charge in [-0.25, -0.2) is 0 Å². The normalized spacial score (nSPS) is 27.8. The van der Waals surface area contributed by atoms with E-state index >= 15 is 0 Å². The molecule has 3 atom stereocenters. The fraction of sp³-hybridized carbons (Fsp3) is 0.611. The summed E-state index contributed by atoms with van der Waals surface area (Å²) < 4.78 is 0. The first-order valence-electron chi connectivity index (χ1n) is 8.34. The molecule has 2 aliphatic rings. The number of hydrogen-bond acceptors (Lipinski definition) is 2. The van der Waals surface area contributed by atoms with Crippen molar-refractivity contribution in [3.8, 4) is 0 Å². The summed E-state index contributed by atoms with van der Waals surface area (Å²) in [6.07, 6.45) is 8.35. The van der Waals surface area contributed by atoms with Gasteiger partial charge in [0.1, 0.15) is 0 Å². The molecule has 0 spiro atoms. The third-order valence-electron chi connectivity index (χ3n) is 5.32. The van der Waals surface area contributed by atoms with Gasteiger partial charge in [0.15, 0.2) is 0 Å². The summed E-state index contributed by atoms with van der Waals surface area (Å²) in [6.45, 7) is 2.22. The SMILES string of the molecule is NC(=S)C(CN1CCCC2CCCCC21)c1ccccc1. The lowest BCUT2D eigenvalue weighted by Crippen LogP contribution is -2.49. The summed E-state index contributed by atoms with van der Waals surface area (Å²) in [5, 5.41) is 0. The second-order valence-electron chi connectivity index (χ2n) is 6.61. The molecule has 1 aliphatic carbocycles. The number of piperidine rings is 1. The number of rotatable bonds is 4. The number of fused-ring (bicyclic) bond motifs is 1. The fourth-order valence-electron chi connectivity index (χ4n) is 4.23. The summed E-state index contributed by atoms with van der Waals surface area (Å²) >= 11 is 5.37. The standard InChI is InChI=1S/C18H26N2S/c19-18(21)16(14-7-2-1-3-8-14)13-20-12-6-10-15-9-4-5-11-17(15)20/h1-3,7-8,15-17H,4-6,9-13H2,(H2,19,21). The van der Waals surface area contributed by atoms with Gasteiger partial charge in [-0.05, 0) is 43.7 Å². The van der Waals surface area contributed by atoms with Crippen molar-refractivity contribution in [1.82, 2.24) is 4.90 Å². The van der Waals surface area contributed by atoms with E-state index in [0.717, 1.165) is 18.5 Å². The van der Waals surface area contributed by atoms with E-state index in [2.05, 4.69) is 35.2 Å². The fourth-order valence-corrected chi connectivity index (χ4v) is 4.44. The van der Waals surface area contributed by atoms with E-state index in [1.807, 2.05) is 0 Å². The van der Waals surface area contributed by atoms with Gasteiger partial charge in [-0.2, -0.15) is 0 Å². The minimum absolute atomic E-state index is 0.196. The van der Waals surface area contributed by atoms with Gasteiger partial charge in [0.05, 0.1) is 4.99 Å². The van der Waals surface area contributed by atoms with Crippen LogP contribution >= 0.6 is 12.2 Å². The Kier molecular flexibility index (Phi) is 4.91. The van der Waals surface area contributed by atoms with Gasteiger partial charge < -0.3 is 5.73 Å². The zero-order valence-corrected chi connectivity index (χ0v) is 13.5. The molecular weight excluding hydrogens is 276 g/mol. The third-order valence-corrected chi connectivity index (χ3v) is 5.61. The van der Waals surface area contributed by atoms with Crippen LogP contribution in [0.25, 0.3) is 0 Å². The van der Waals surface area contributed by atoms with Gasteiger partial charge in [-0.3, -0.25) is 4.90 Å². The Labute approximate surface area is 133 Å². The quantitative estimate of drug-likeness (QED) is 0.860. The average molecular weight is 302 g/mol. The van der Waals surface area contributed by atoms with Crippen LogP contribution in [0.3, 0.4) is 0 Å². The van der Waals surface area contributed by atoms with Gasteiger partial charge in [0.2, 0.25) is 0 Å². The lowest BCUT2D eigenvalue weighted by Gasteiger charge is -2.45. The van der Waals surface area contributed by atoms with E-state index in [9.17, 15) is 0 Å². The maximum atomic E-state index is 6.06. The van der Waals surface area contributed by atoms with E-state index in [0.29, 0.717) is 4.99 Å². The molecule has 1 saturated carbocycles. The molecule has 3 heteroatoms. The van der Waals surface area contributed by atoms with Crippen molar-refractivity contribution in [3.05, 3.63) is 35.9 Å². The van der Waals surface area contributed by atoms with Crippen LogP contribution in [0.5, 0.6) is 0 Å². The summed E-state index contributed by atoms with van der Waals surface area (Å²) in [7, 11) is 0. The molecule has 2 nitrogen and oxygen atoms in total. The Morgan fingerprint density at radius 2 is 1.86 bits per heavy atom. The highest BCUT2D eigenvalue weighted by molar-refractivity contribution is 7.80. The predicted molar refractivity (Wildman–Crippen MR) is 92.5 cm³/mol. The molecule has 1 aromatic carbocycles.